The molecule has 1 unspecified atom stereocenters. The summed E-state index contributed by atoms with van der Waals surface area (Å²) in [5, 5.41) is 11.4. The first-order valence-electron chi connectivity index (χ1n) is 6.93. The number of halogens is 1. The number of carboxylic acid groups (broad SMARTS) is 1. The third kappa shape index (κ3) is 6.53. The zero-order valence-corrected chi connectivity index (χ0v) is 12.4. The van der Waals surface area contributed by atoms with Gasteiger partial charge >= 0.3 is 5.97 Å². The number of carbonyl (C=O) groups is 2. The van der Waals surface area contributed by atoms with Crippen molar-refractivity contribution in [1.29, 1.82) is 0 Å². The number of hydrogen-bond acceptors (Lipinski definition) is 4. The molecule has 0 saturated heterocycles. The van der Waals surface area contributed by atoms with E-state index in [4.69, 9.17) is 14.6 Å². The van der Waals surface area contributed by atoms with Gasteiger partial charge in [-0.2, -0.15) is 0 Å². The minimum absolute atomic E-state index is 0.102. The predicted molar refractivity (Wildman–Crippen MR) is 77.2 cm³/mol. The van der Waals surface area contributed by atoms with Gasteiger partial charge in [-0.05, 0) is 18.6 Å². The van der Waals surface area contributed by atoms with E-state index < -0.39 is 17.8 Å². The number of carbonyl (C=O) groups excluding carboxylic acids is 1. The summed E-state index contributed by atoms with van der Waals surface area (Å²) >= 11 is 0. The first-order valence-corrected chi connectivity index (χ1v) is 6.93. The molecular formula is C15H20FNO5. The van der Waals surface area contributed by atoms with Gasteiger partial charge in [0.25, 0.3) is 0 Å². The van der Waals surface area contributed by atoms with Gasteiger partial charge in [0.2, 0.25) is 5.91 Å². The Morgan fingerprint density at radius 1 is 1.32 bits per heavy atom. The van der Waals surface area contributed by atoms with Crippen molar-refractivity contribution in [1.82, 2.24) is 5.32 Å². The van der Waals surface area contributed by atoms with E-state index in [2.05, 4.69) is 5.32 Å². The van der Waals surface area contributed by atoms with Gasteiger partial charge in [-0.3, -0.25) is 4.79 Å². The summed E-state index contributed by atoms with van der Waals surface area (Å²) in [5.74, 6) is -1.82. The predicted octanol–water partition coefficient (Wildman–Crippen LogP) is 1.59. The van der Waals surface area contributed by atoms with Crippen molar-refractivity contribution in [3.05, 3.63) is 30.1 Å². The lowest BCUT2D eigenvalue weighted by atomic mass is 10.2. The monoisotopic (exact) mass is 313 g/mol. The molecule has 0 saturated carbocycles. The number of para-hydroxylation sites is 1. The normalized spacial score (nSPS) is 11.7. The van der Waals surface area contributed by atoms with Gasteiger partial charge in [-0.15, -0.1) is 0 Å². The molecule has 0 aliphatic carbocycles. The molecular weight excluding hydrogens is 293 g/mol. The van der Waals surface area contributed by atoms with Crippen molar-refractivity contribution in [3.8, 4) is 5.75 Å². The number of rotatable bonds is 10. The topological polar surface area (TPSA) is 84.9 Å². The van der Waals surface area contributed by atoms with Gasteiger partial charge in [0.15, 0.2) is 11.6 Å². The third-order valence-corrected chi connectivity index (χ3v) is 2.89. The van der Waals surface area contributed by atoms with Gasteiger partial charge in [-0.25, -0.2) is 9.18 Å². The molecule has 1 aromatic rings. The maximum atomic E-state index is 13.3. The second-order valence-corrected chi connectivity index (χ2v) is 4.62. The summed E-state index contributed by atoms with van der Waals surface area (Å²) < 4.78 is 23.3. The van der Waals surface area contributed by atoms with Crippen LogP contribution < -0.4 is 10.1 Å². The molecule has 1 amide bonds. The van der Waals surface area contributed by atoms with Crippen LogP contribution in [0.1, 0.15) is 19.3 Å². The lowest BCUT2D eigenvalue weighted by molar-refractivity contribution is -0.142. The number of ether oxygens (including phenoxy) is 2. The molecule has 0 aromatic heterocycles. The van der Waals surface area contributed by atoms with E-state index >= 15 is 0 Å². The number of aliphatic carboxylic acids is 1. The Balaban J connectivity index is 2.27. The van der Waals surface area contributed by atoms with E-state index in [1.54, 1.807) is 12.1 Å². The molecule has 1 aromatic carbocycles. The van der Waals surface area contributed by atoms with Gasteiger partial charge in [0.05, 0.1) is 6.61 Å². The summed E-state index contributed by atoms with van der Waals surface area (Å²) in [4.78, 5) is 22.6. The second kappa shape index (κ2) is 9.73. The molecule has 0 spiro atoms. The highest BCUT2D eigenvalue weighted by Crippen LogP contribution is 2.15. The van der Waals surface area contributed by atoms with E-state index in [0.717, 1.165) is 0 Å². The van der Waals surface area contributed by atoms with Crippen molar-refractivity contribution >= 4 is 11.9 Å². The van der Waals surface area contributed by atoms with E-state index in [9.17, 15) is 14.0 Å². The highest BCUT2D eigenvalue weighted by atomic mass is 19.1. The first kappa shape index (κ1) is 17.9. The van der Waals surface area contributed by atoms with E-state index in [1.165, 1.54) is 19.2 Å². The zero-order chi connectivity index (χ0) is 16.4. The van der Waals surface area contributed by atoms with Crippen LogP contribution in [0.2, 0.25) is 0 Å². The van der Waals surface area contributed by atoms with Gasteiger partial charge in [0, 0.05) is 26.6 Å². The Labute approximate surface area is 128 Å². The third-order valence-electron chi connectivity index (χ3n) is 2.89. The quantitative estimate of drug-likeness (QED) is 0.641. The summed E-state index contributed by atoms with van der Waals surface area (Å²) in [6.07, 6.45) is 0.658. The van der Waals surface area contributed by atoms with Crippen LogP contribution in [-0.2, 0) is 14.3 Å². The fourth-order valence-corrected chi connectivity index (χ4v) is 1.74. The molecule has 0 heterocycles. The summed E-state index contributed by atoms with van der Waals surface area (Å²) in [7, 11) is 1.46. The highest BCUT2D eigenvalue weighted by molar-refractivity contribution is 5.83. The van der Waals surface area contributed by atoms with Gasteiger partial charge < -0.3 is 19.9 Å². The Morgan fingerprint density at radius 3 is 2.68 bits per heavy atom. The minimum atomic E-state index is -1.10. The van der Waals surface area contributed by atoms with E-state index in [1.807, 2.05) is 0 Å². The van der Waals surface area contributed by atoms with E-state index in [-0.39, 0.29) is 37.7 Å². The maximum Gasteiger partial charge on any atom is 0.326 e. The molecule has 22 heavy (non-hydrogen) atoms. The lowest BCUT2D eigenvalue weighted by Gasteiger charge is -2.14. The Hall–Kier alpha value is -2.15. The van der Waals surface area contributed by atoms with Crippen LogP contribution >= 0.6 is 0 Å². The summed E-state index contributed by atoms with van der Waals surface area (Å²) in [6.45, 7) is 0.414. The zero-order valence-electron chi connectivity index (χ0n) is 12.4. The average molecular weight is 313 g/mol. The molecule has 1 atom stereocenters. The molecule has 2 N–H and O–H groups in total. The van der Waals surface area contributed by atoms with Crippen LogP contribution in [-0.4, -0.2) is 43.3 Å². The molecule has 6 nitrogen and oxygen atoms in total. The number of carboxylic acids is 1. The average Bonchev–Trinajstić information content (AvgIpc) is 2.49. The smallest absolute Gasteiger partial charge is 0.326 e. The van der Waals surface area contributed by atoms with Crippen LogP contribution in [0.15, 0.2) is 24.3 Å². The highest BCUT2D eigenvalue weighted by Gasteiger charge is 2.19. The van der Waals surface area contributed by atoms with Gasteiger partial charge in [-0.1, -0.05) is 12.1 Å². The fraction of sp³-hybridized carbons (Fsp3) is 0.467. The fourth-order valence-electron chi connectivity index (χ4n) is 1.74. The molecule has 0 aliphatic rings. The summed E-state index contributed by atoms with van der Waals surface area (Å²) in [6, 6.07) is 5.02. The van der Waals surface area contributed by atoms with Crippen LogP contribution in [0.25, 0.3) is 0 Å². The Morgan fingerprint density at radius 2 is 2.05 bits per heavy atom. The van der Waals surface area contributed by atoms with Crippen molar-refractivity contribution in [3.63, 3.8) is 0 Å². The molecule has 1 rings (SSSR count). The number of benzene rings is 1. The Bertz CT molecular complexity index is 495. The van der Waals surface area contributed by atoms with Crippen molar-refractivity contribution < 1.29 is 28.6 Å². The largest absolute Gasteiger partial charge is 0.491 e. The SMILES string of the molecule is COCCC(NC(=O)CCCOc1ccccc1F)C(=O)O. The molecule has 122 valence electrons. The summed E-state index contributed by atoms with van der Waals surface area (Å²) in [5.41, 5.74) is 0. The number of amides is 1. The Kier molecular flexibility index (Phi) is 7.91. The second-order valence-electron chi connectivity index (χ2n) is 4.62. The van der Waals surface area contributed by atoms with Crippen molar-refractivity contribution in [2.45, 2.75) is 25.3 Å². The molecule has 0 aliphatic heterocycles. The number of methoxy groups -OCH3 is 1. The standard InChI is InChI=1S/C15H20FNO5/c1-21-10-8-12(15(19)20)17-14(18)7-4-9-22-13-6-3-2-5-11(13)16/h2-3,5-6,12H,4,7-10H2,1H3,(H,17,18)(H,19,20). The van der Waals surface area contributed by atoms with Crippen LogP contribution in [0.5, 0.6) is 5.75 Å². The molecule has 0 fully saturated rings. The minimum Gasteiger partial charge on any atom is -0.491 e. The van der Waals surface area contributed by atoms with Crippen molar-refractivity contribution in [2.24, 2.45) is 0 Å². The molecule has 0 radical (unpaired) electrons. The van der Waals surface area contributed by atoms with E-state index in [0.29, 0.717) is 6.42 Å². The van der Waals surface area contributed by atoms with Crippen LogP contribution in [0.4, 0.5) is 4.39 Å². The van der Waals surface area contributed by atoms with Crippen LogP contribution in [0, 0.1) is 5.82 Å². The molecule has 0 bridgehead atoms. The van der Waals surface area contributed by atoms with Gasteiger partial charge in [0.1, 0.15) is 6.04 Å². The van der Waals surface area contributed by atoms with Crippen molar-refractivity contribution in [2.75, 3.05) is 20.3 Å². The lowest BCUT2D eigenvalue weighted by Crippen LogP contribution is -2.41. The maximum absolute atomic E-state index is 13.3. The first-order chi connectivity index (χ1) is 10.5. The number of nitrogens with one attached hydrogen (secondary N) is 1. The van der Waals surface area contributed by atoms with Crippen LogP contribution in [0.3, 0.4) is 0 Å². The molecule has 7 heteroatoms. The number of hydrogen-bond donors (Lipinski definition) is 2.